The van der Waals surface area contributed by atoms with Gasteiger partial charge in [0.15, 0.2) is 5.52 Å². The third kappa shape index (κ3) is 80.8. The molecule has 0 spiro atoms. The summed E-state index contributed by atoms with van der Waals surface area (Å²) in [6.07, 6.45) is 98.4. The molecule has 0 N–H and O–H groups in total. The Morgan fingerprint density at radius 3 is 0.966 bits per heavy atom. The van der Waals surface area contributed by atoms with E-state index in [-0.39, 0.29) is 31.8 Å². The number of nitrogens with zero attached hydrogens (tertiary/aromatic N) is 2. The van der Waals surface area contributed by atoms with Crippen LogP contribution >= 0.6 is 15.8 Å². The van der Waals surface area contributed by atoms with Gasteiger partial charge in [0.05, 0.1) is 0 Å². The third-order valence-corrected chi connectivity index (χ3v) is 30.6. The van der Waals surface area contributed by atoms with E-state index in [9.17, 15) is 24.0 Å². The van der Waals surface area contributed by atoms with Crippen molar-refractivity contribution < 1.29 is 42.9 Å². The second-order valence-electron chi connectivity index (χ2n) is 37.0. The molecule has 0 amide bonds. The molecule has 0 saturated heterocycles. The Labute approximate surface area is 742 Å². The minimum Gasteiger partial charge on any atom is -0.461 e. The zero-order valence-corrected chi connectivity index (χ0v) is 82.9. The molecule has 0 aliphatic rings. The van der Waals surface area contributed by atoms with E-state index < -0.39 is 7.92 Å². The van der Waals surface area contributed by atoms with E-state index in [0.717, 1.165) is 128 Å². The number of allylic oxidation sites excluding steroid dienone is 4. The van der Waals surface area contributed by atoms with Gasteiger partial charge in [0.1, 0.15) is 26.4 Å². The number of hydrogen-bond donors (Lipinski definition) is 0. The molecule has 0 radical (unpaired) electrons. The summed E-state index contributed by atoms with van der Waals surface area (Å²) in [5.74, 6) is 3.74. The Balaban J connectivity index is 4.61. The molecule has 0 aliphatic carbocycles. The van der Waals surface area contributed by atoms with Crippen LogP contribution in [0.4, 0.5) is 0 Å². The van der Waals surface area contributed by atoms with Crippen molar-refractivity contribution >= 4 is 45.2 Å². The van der Waals surface area contributed by atoms with Gasteiger partial charge in [-0.15, -0.1) is 7.92 Å². The molecule has 13 heteroatoms. The van der Waals surface area contributed by atoms with Gasteiger partial charge < -0.3 is 28.7 Å². The third-order valence-electron chi connectivity index (χ3n) is 25.1. The van der Waals surface area contributed by atoms with Crippen molar-refractivity contribution in [2.45, 2.75) is 466 Å². The highest BCUT2D eigenvalue weighted by molar-refractivity contribution is 7.74. The molecule has 698 valence electrons. The van der Waals surface area contributed by atoms with Crippen LogP contribution in [0.3, 0.4) is 0 Å². The molecular formula is C106H200N2O9P2. The van der Waals surface area contributed by atoms with Crippen molar-refractivity contribution in [3.63, 3.8) is 0 Å². The molecule has 0 aromatic rings. The van der Waals surface area contributed by atoms with E-state index >= 15 is 0 Å². The average molecular weight is 1710 g/mol. The molecule has 6 atom stereocenters. The van der Waals surface area contributed by atoms with Crippen LogP contribution in [0.25, 0.3) is 0 Å². The monoisotopic (exact) mass is 1710 g/mol. The summed E-state index contributed by atoms with van der Waals surface area (Å²) in [5.41, 5.74) is 0.533. The zero-order valence-electron chi connectivity index (χ0n) is 81.1. The molecule has 0 bridgehead atoms. The van der Waals surface area contributed by atoms with Gasteiger partial charge in [-0.25, -0.2) is 0 Å². The number of carbonyl (C=O) groups is 5. The number of ether oxygens (including phenoxy) is 4. The summed E-state index contributed by atoms with van der Waals surface area (Å²) in [6.45, 7) is 22.3. The maximum Gasteiger partial charge on any atom is 0.306 e. The molecule has 0 rings (SSSR count). The minimum atomic E-state index is -0.568. The molecule has 0 fully saturated rings. The normalized spacial score (nSPS) is 13.7. The summed E-state index contributed by atoms with van der Waals surface area (Å²) in [4.78, 5) is 68.3. The fourth-order valence-electron chi connectivity index (χ4n) is 17.1. The Bertz CT molecular complexity index is 2340. The van der Waals surface area contributed by atoms with Crippen LogP contribution in [-0.2, 0) is 42.9 Å². The number of rotatable bonds is 93. The number of unbranched alkanes of at least 4 members (excludes halogenated alkanes) is 34. The van der Waals surface area contributed by atoms with Crippen LogP contribution in [0.5, 0.6) is 0 Å². The van der Waals surface area contributed by atoms with E-state index in [2.05, 4.69) is 136 Å². The van der Waals surface area contributed by atoms with E-state index in [1.165, 1.54) is 308 Å². The van der Waals surface area contributed by atoms with Crippen molar-refractivity contribution in [1.29, 1.82) is 0 Å². The average Bonchev–Trinajstić information content (AvgIpc) is 0.918. The second-order valence-corrected chi connectivity index (χ2v) is 42.2. The van der Waals surface area contributed by atoms with Gasteiger partial charge in [-0.1, -0.05) is 367 Å². The predicted molar refractivity (Wildman–Crippen MR) is 523 cm³/mol. The van der Waals surface area contributed by atoms with Crippen LogP contribution in [0.15, 0.2) is 48.6 Å². The van der Waals surface area contributed by atoms with Crippen molar-refractivity contribution in [1.82, 2.24) is 9.80 Å². The lowest BCUT2D eigenvalue weighted by molar-refractivity contribution is -0.143. The topological polar surface area (TPSA) is 129 Å². The smallest absolute Gasteiger partial charge is 0.306 e. The highest BCUT2D eigenvalue weighted by Gasteiger charge is 2.22. The first kappa shape index (κ1) is 116. The second kappa shape index (κ2) is 90.1. The summed E-state index contributed by atoms with van der Waals surface area (Å²) in [5, 5.41) is 0. The zero-order chi connectivity index (χ0) is 87.2. The van der Waals surface area contributed by atoms with Gasteiger partial charge in [-0.3, -0.25) is 24.0 Å². The first-order valence-corrected chi connectivity index (χ1v) is 55.2. The van der Waals surface area contributed by atoms with E-state index in [4.69, 9.17) is 18.9 Å². The van der Waals surface area contributed by atoms with Crippen LogP contribution in [0, 0.1) is 35.5 Å². The first-order chi connectivity index (χ1) is 58.0. The van der Waals surface area contributed by atoms with E-state index in [1.54, 1.807) is 0 Å². The SMILES string of the molecule is CCCCCC(C=CCOC(=O)CCCCCCCCCP(CCCCCCCCCC(=O)OCC=CC(CCCCC)CCCC(C)C(CC)CC(CC=CCOC(=O)CCCCCCCCCP(CCCCCCCCCC(=O)OCC=CCC(CCCC)CCCC)C(=O)CCCN(C)C)CCCC)CCCCN(C)C)CCCCC. The molecule has 6 unspecified atom stereocenters. The quantitative estimate of drug-likeness (QED) is 0.0190. The Morgan fingerprint density at radius 2 is 0.605 bits per heavy atom. The first-order valence-electron chi connectivity index (χ1n) is 51.6. The minimum absolute atomic E-state index is 0.0350. The Kier molecular flexibility index (Phi) is 88.0. The highest BCUT2D eigenvalue weighted by Crippen LogP contribution is 2.42. The van der Waals surface area contributed by atoms with Crippen LogP contribution in [0.1, 0.15) is 466 Å². The predicted octanol–water partition coefficient (Wildman–Crippen LogP) is 31.8. The fourth-order valence-corrected chi connectivity index (χ4v) is 22.2. The molecule has 0 aromatic heterocycles. The lowest BCUT2D eigenvalue weighted by Crippen LogP contribution is -2.16. The van der Waals surface area contributed by atoms with Gasteiger partial charge >= 0.3 is 23.9 Å². The Hall–Kier alpha value is -2.71. The van der Waals surface area contributed by atoms with Gasteiger partial charge in [-0.05, 0) is 231 Å². The standard InChI is InChI=1S/C106H200N2O9P2/c1-13-20-46-71-98(72-47-21-14-2)77-65-88-116-104(111)81-51-38-30-26-34-42-58-90-118(92-62-55-84-107(9)10)91-59-43-35-27-31-39-52-82-105(112)117-89-66-78-99(73-48-22-15-3)76-63-67-96(8)101(19-7)95-100(70-25-18-6)75-54-57-87-115-103(110)80-50-41-33-29-37-45-61-94-119(106(113)83-64-85-108(11)12)93-60-44-36-28-32-40-49-79-102(109)114-86-56-53-74-97(68-23-16-4)69-24-17-5/h53-54,56-57,65-66,77-78,96-101H,13-52,55,58-64,67-76,79-95H2,1-12H3. The fraction of sp³-hybridized carbons (Fsp3) is 0.877. The summed E-state index contributed by atoms with van der Waals surface area (Å²) < 4.78 is 22.5. The van der Waals surface area contributed by atoms with Crippen LogP contribution < -0.4 is 0 Å². The molecular weight excluding hydrogens is 1510 g/mol. The number of carbonyl (C=O) groups excluding carboxylic acids is 5. The van der Waals surface area contributed by atoms with Crippen molar-refractivity contribution in [3.05, 3.63) is 48.6 Å². The molecule has 119 heavy (non-hydrogen) atoms. The lowest BCUT2D eigenvalue weighted by atomic mass is 9.78. The van der Waals surface area contributed by atoms with Crippen molar-refractivity contribution in [3.8, 4) is 0 Å². The van der Waals surface area contributed by atoms with E-state index in [0.29, 0.717) is 87.2 Å². The summed E-state index contributed by atoms with van der Waals surface area (Å²) in [7, 11) is 8.14. The van der Waals surface area contributed by atoms with Gasteiger partial charge in [0.2, 0.25) is 0 Å². The van der Waals surface area contributed by atoms with Gasteiger partial charge in [0, 0.05) is 32.1 Å². The molecule has 0 heterocycles. The maximum atomic E-state index is 13.5. The number of esters is 4. The molecule has 0 saturated carbocycles. The lowest BCUT2D eigenvalue weighted by Gasteiger charge is -2.27. The molecule has 11 nitrogen and oxygen atoms in total. The van der Waals surface area contributed by atoms with Crippen LogP contribution in [0.2, 0.25) is 0 Å². The largest absolute Gasteiger partial charge is 0.461 e. The van der Waals surface area contributed by atoms with Gasteiger partial charge in [-0.2, -0.15) is 0 Å². The van der Waals surface area contributed by atoms with Crippen molar-refractivity contribution in [2.75, 3.05) is 98.5 Å². The summed E-state index contributed by atoms with van der Waals surface area (Å²) in [6, 6.07) is 0. The maximum absolute atomic E-state index is 13.5. The summed E-state index contributed by atoms with van der Waals surface area (Å²) >= 11 is 0. The van der Waals surface area contributed by atoms with Gasteiger partial charge in [0.25, 0.3) is 0 Å². The Morgan fingerprint density at radius 1 is 0.294 bits per heavy atom. The molecule has 0 aromatic carbocycles. The van der Waals surface area contributed by atoms with Crippen molar-refractivity contribution in [2.24, 2.45) is 35.5 Å². The van der Waals surface area contributed by atoms with Crippen LogP contribution in [-0.4, -0.2) is 138 Å². The number of hydrogen-bond acceptors (Lipinski definition) is 11. The molecule has 0 aliphatic heterocycles. The highest BCUT2D eigenvalue weighted by atomic mass is 31.1. The van der Waals surface area contributed by atoms with E-state index in [1.807, 2.05) is 6.08 Å².